The molecule has 1 aromatic heterocycles. The van der Waals surface area contributed by atoms with Crippen LogP contribution in [0.1, 0.15) is 5.82 Å². The van der Waals surface area contributed by atoms with Crippen LogP contribution in [-0.4, -0.2) is 25.1 Å². The maximum atomic E-state index is 3.99. The summed E-state index contributed by atoms with van der Waals surface area (Å²) in [7, 11) is 0. The highest BCUT2D eigenvalue weighted by Gasteiger charge is 2.04. The van der Waals surface area contributed by atoms with Gasteiger partial charge in [-0.15, -0.1) is 0 Å². The molecule has 1 rings (SSSR count). The number of hydrogen-bond acceptors (Lipinski definition) is 3. The lowest BCUT2D eigenvalue weighted by Crippen LogP contribution is -2.07. The lowest BCUT2D eigenvalue weighted by atomic mass is 10.3. The third-order valence-electron chi connectivity index (χ3n) is 1.12. The Morgan fingerprint density at radius 3 is 2.55 bits per heavy atom. The standard InChI is InChI=1S/C6H7Br2N3/c7-2-5(8)1-6-10-3-9-4-11-6/h3-5H,1-2H2. The monoisotopic (exact) mass is 279 g/mol. The molecule has 0 N–H and O–H groups in total. The average molecular weight is 281 g/mol. The fourth-order valence-corrected chi connectivity index (χ4v) is 1.14. The van der Waals surface area contributed by atoms with Crippen LogP contribution in [0.25, 0.3) is 0 Å². The average Bonchev–Trinajstić information content (AvgIpc) is 2.06. The molecule has 11 heavy (non-hydrogen) atoms. The highest BCUT2D eigenvalue weighted by molar-refractivity contribution is 9.12. The van der Waals surface area contributed by atoms with Crippen LogP contribution in [0.15, 0.2) is 12.7 Å². The van der Waals surface area contributed by atoms with Crippen molar-refractivity contribution in [3.63, 3.8) is 0 Å². The molecule has 1 aromatic rings. The van der Waals surface area contributed by atoms with Crippen molar-refractivity contribution in [3.05, 3.63) is 18.5 Å². The minimum Gasteiger partial charge on any atom is -0.225 e. The molecule has 0 bridgehead atoms. The van der Waals surface area contributed by atoms with Gasteiger partial charge < -0.3 is 0 Å². The summed E-state index contributed by atoms with van der Waals surface area (Å²) in [6.07, 6.45) is 3.85. The molecule has 0 fully saturated rings. The minimum absolute atomic E-state index is 0.393. The zero-order valence-corrected chi connectivity index (χ0v) is 8.92. The van der Waals surface area contributed by atoms with Gasteiger partial charge in [-0.2, -0.15) is 0 Å². The Labute approximate surface area is 81.9 Å². The Morgan fingerprint density at radius 1 is 1.36 bits per heavy atom. The molecule has 0 aromatic carbocycles. The number of rotatable bonds is 3. The van der Waals surface area contributed by atoms with Crippen molar-refractivity contribution in [1.29, 1.82) is 0 Å². The van der Waals surface area contributed by atoms with Crippen molar-refractivity contribution in [3.8, 4) is 0 Å². The molecule has 0 saturated carbocycles. The van der Waals surface area contributed by atoms with Crippen LogP contribution in [0.5, 0.6) is 0 Å². The van der Waals surface area contributed by atoms with Crippen LogP contribution in [0.4, 0.5) is 0 Å². The maximum absolute atomic E-state index is 3.99. The predicted molar refractivity (Wildman–Crippen MR) is 50.0 cm³/mol. The summed E-state index contributed by atoms with van der Waals surface area (Å²) < 4.78 is 0. The zero-order chi connectivity index (χ0) is 8.10. The van der Waals surface area contributed by atoms with Crippen LogP contribution < -0.4 is 0 Å². The molecule has 0 aliphatic rings. The highest BCUT2D eigenvalue weighted by Crippen LogP contribution is 2.07. The molecule has 5 heteroatoms. The van der Waals surface area contributed by atoms with E-state index in [0.717, 1.165) is 17.6 Å². The number of alkyl halides is 2. The van der Waals surface area contributed by atoms with E-state index in [0.29, 0.717) is 4.83 Å². The molecule has 1 atom stereocenters. The summed E-state index contributed by atoms with van der Waals surface area (Å²) in [6.45, 7) is 0. The van der Waals surface area contributed by atoms with Crippen molar-refractivity contribution in [2.45, 2.75) is 11.2 Å². The van der Waals surface area contributed by atoms with Crippen molar-refractivity contribution >= 4 is 31.9 Å². The molecule has 0 spiro atoms. The largest absolute Gasteiger partial charge is 0.225 e. The quantitative estimate of drug-likeness (QED) is 0.789. The van der Waals surface area contributed by atoms with Gasteiger partial charge in [-0.3, -0.25) is 0 Å². The summed E-state index contributed by atoms with van der Waals surface area (Å²) in [4.78, 5) is 12.1. The van der Waals surface area contributed by atoms with E-state index in [1.165, 1.54) is 12.7 Å². The molecule has 60 valence electrons. The number of aromatic nitrogens is 3. The Bertz CT molecular complexity index is 204. The van der Waals surface area contributed by atoms with Crippen LogP contribution >= 0.6 is 31.9 Å². The lowest BCUT2D eigenvalue weighted by Gasteiger charge is -2.01. The maximum Gasteiger partial charge on any atom is 0.133 e. The Hall–Kier alpha value is -0.0300. The smallest absolute Gasteiger partial charge is 0.133 e. The van der Waals surface area contributed by atoms with Gasteiger partial charge in [-0.05, 0) is 0 Å². The normalized spacial score (nSPS) is 12.9. The summed E-state index contributed by atoms with van der Waals surface area (Å²) >= 11 is 6.82. The first-order chi connectivity index (χ1) is 5.33. The van der Waals surface area contributed by atoms with Crippen molar-refractivity contribution < 1.29 is 0 Å². The molecule has 1 unspecified atom stereocenters. The fraction of sp³-hybridized carbons (Fsp3) is 0.500. The van der Waals surface area contributed by atoms with Crippen LogP contribution in [0.3, 0.4) is 0 Å². The van der Waals surface area contributed by atoms with E-state index in [1.54, 1.807) is 0 Å². The third-order valence-corrected chi connectivity index (χ3v) is 3.42. The summed E-state index contributed by atoms with van der Waals surface area (Å²) in [5.74, 6) is 0.821. The van der Waals surface area contributed by atoms with Gasteiger partial charge in [0.2, 0.25) is 0 Å². The molecular formula is C6H7Br2N3. The van der Waals surface area contributed by atoms with Crippen LogP contribution in [0.2, 0.25) is 0 Å². The first kappa shape index (κ1) is 9.06. The summed E-state index contributed by atoms with van der Waals surface area (Å²) in [5, 5.41) is 0.901. The minimum atomic E-state index is 0.393. The fourth-order valence-electron chi connectivity index (χ4n) is 0.621. The Morgan fingerprint density at radius 2 is 2.00 bits per heavy atom. The van der Waals surface area contributed by atoms with E-state index in [9.17, 15) is 0 Å². The predicted octanol–water partition coefficient (Wildman–Crippen LogP) is 1.57. The second kappa shape index (κ2) is 4.77. The van der Waals surface area contributed by atoms with Crippen molar-refractivity contribution in [1.82, 2.24) is 15.0 Å². The SMILES string of the molecule is BrCC(Br)Cc1ncncn1. The van der Waals surface area contributed by atoms with Gasteiger partial charge in [0.25, 0.3) is 0 Å². The molecule has 0 saturated heterocycles. The van der Waals surface area contributed by atoms with Gasteiger partial charge in [0.15, 0.2) is 0 Å². The second-order valence-corrected chi connectivity index (χ2v) is 3.95. The number of nitrogens with zero attached hydrogens (tertiary/aromatic N) is 3. The van der Waals surface area contributed by atoms with E-state index in [1.807, 2.05) is 0 Å². The van der Waals surface area contributed by atoms with Gasteiger partial charge in [-0.25, -0.2) is 15.0 Å². The molecule has 0 radical (unpaired) electrons. The number of halogens is 2. The van der Waals surface area contributed by atoms with E-state index < -0.39 is 0 Å². The Balaban J connectivity index is 2.51. The van der Waals surface area contributed by atoms with Crippen molar-refractivity contribution in [2.24, 2.45) is 0 Å². The van der Waals surface area contributed by atoms with Crippen LogP contribution in [-0.2, 0) is 6.42 Å². The van der Waals surface area contributed by atoms with Gasteiger partial charge in [0, 0.05) is 16.6 Å². The molecule has 3 nitrogen and oxygen atoms in total. The van der Waals surface area contributed by atoms with Gasteiger partial charge >= 0.3 is 0 Å². The van der Waals surface area contributed by atoms with E-state index in [-0.39, 0.29) is 0 Å². The Kier molecular flexibility index (Phi) is 3.93. The molecule has 1 heterocycles. The van der Waals surface area contributed by atoms with Crippen LogP contribution in [0, 0.1) is 0 Å². The number of hydrogen-bond donors (Lipinski definition) is 0. The topological polar surface area (TPSA) is 38.7 Å². The van der Waals surface area contributed by atoms with Gasteiger partial charge in [-0.1, -0.05) is 31.9 Å². The third kappa shape index (κ3) is 3.25. The van der Waals surface area contributed by atoms with E-state index in [4.69, 9.17) is 0 Å². The molecular weight excluding hydrogens is 274 g/mol. The highest BCUT2D eigenvalue weighted by atomic mass is 79.9. The van der Waals surface area contributed by atoms with E-state index in [2.05, 4.69) is 46.8 Å². The van der Waals surface area contributed by atoms with Gasteiger partial charge in [0.1, 0.15) is 18.5 Å². The molecule has 0 aliphatic carbocycles. The first-order valence-electron chi connectivity index (χ1n) is 3.14. The summed E-state index contributed by atoms with van der Waals surface area (Å²) in [5.41, 5.74) is 0. The first-order valence-corrected chi connectivity index (χ1v) is 5.17. The lowest BCUT2D eigenvalue weighted by molar-refractivity contribution is 0.843. The molecule has 0 amide bonds. The summed E-state index contributed by atoms with van der Waals surface area (Å²) in [6, 6.07) is 0. The van der Waals surface area contributed by atoms with Crippen molar-refractivity contribution in [2.75, 3.05) is 5.33 Å². The molecule has 0 aliphatic heterocycles. The second-order valence-electron chi connectivity index (χ2n) is 2.01. The van der Waals surface area contributed by atoms with E-state index >= 15 is 0 Å². The van der Waals surface area contributed by atoms with Gasteiger partial charge in [0.05, 0.1) is 0 Å². The zero-order valence-electron chi connectivity index (χ0n) is 5.74.